The Hall–Kier alpha value is -1.13. The van der Waals surface area contributed by atoms with Gasteiger partial charge in [-0.05, 0) is 43.5 Å². The van der Waals surface area contributed by atoms with E-state index in [0.29, 0.717) is 0 Å². The van der Waals surface area contributed by atoms with Gasteiger partial charge in [0.2, 0.25) is 0 Å². The third kappa shape index (κ3) is 5.88. The molecule has 0 atom stereocenters. The van der Waals surface area contributed by atoms with E-state index < -0.39 is 0 Å². The highest BCUT2D eigenvalue weighted by Gasteiger charge is 2.06. The van der Waals surface area contributed by atoms with Gasteiger partial charge in [-0.2, -0.15) is 0 Å². The second-order valence-electron chi connectivity index (χ2n) is 5.12. The number of hydrogen-bond donors (Lipinski definition) is 1. The highest BCUT2D eigenvalue weighted by atomic mass is 16.5. The molecule has 0 saturated carbocycles. The number of pyridine rings is 1. The number of ether oxygens (including phenoxy) is 1. The first-order valence-corrected chi connectivity index (χ1v) is 7.61. The van der Waals surface area contributed by atoms with Crippen molar-refractivity contribution in [2.45, 2.75) is 39.7 Å². The van der Waals surface area contributed by atoms with Crippen molar-refractivity contribution < 1.29 is 4.74 Å². The van der Waals surface area contributed by atoms with Crippen molar-refractivity contribution in [2.24, 2.45) is 0 Å². The van der Waals surface area contributed by atoms with Gasteiger partial charge in [-0.1, -0.05) is 13.8 Å². The van der Waals surface area contributed by atoms with E-state index >= 15 is 0 Å². The highest BCUT2D eigenvalue weighted by Crippen LogP contribution is 2.15. The third-order valence-electron chi connectivity index (χ3n) is 3.28. The molecular weight excluding hydrogens is 250 g/mol. The van der Waals surface area contributed by atoms with Gasteiger partial charge >= 0.3 is 0 Å². The van der Waals surface area contributed by atoms with Crippen molar-refractivity contribution in [3.8, 4) is 0 Å². The zero-order valence-electron chi connectivity index (χ0n) is 13.4. The summed E-state index contributed by atoms with van der Waals surface area (Å²) >= 11 is 0. The number of nitrogens with one attached hydrogen (secondary N) is 1. The minimum absolute atomic E-state index is 0.794. The van der Waals surface area contributed by atoms with Crippen LogP contribution < -0.4 is 10.2 Å². The Labute approximate surface area is 123 Å². The SMILES string of the molecule is CCCNCc1cc(CC)nc(N(C)CCCOC)c1. The molecule has 1 N–H and O–H groups in total. The van der Waals surface area contributed by atoms with Gasteiger partial charge in [-0.3, -0.25) is 0 Å². The largest absolute Gasteiger partial charge is 0.385 e. The number of hydrogen-bond acceptors (Lipinski definition) is 4. The fourth-order valence-corrected chi connectivity index (χ4v) is 2.08. The summed E-state index contributed by atoms with van der Waals surface area (Å²) in [5.74, 6) is 1.06. The quantitative estimate of drug-likeness (QED) is 0.668. The summed E-state index contributed by atoms with van der Waals surface area (Å²) in [5, 5.41) is 3.45. The highest BCUT2D eigenvalue weighted by molar-refractivity contribution is 5.42. The van der Waals surface area contributed by atoms with Crippen LogP contribution in [0.2, 0.25) is 0 Å². The lowest BCUT2D eigenvalue weighted by atomic mass is 10.2. The van der Waals surface area contributed by atoms with Crippen molar-refractivity contribution in [1.29, 1.82) is 0 Å². The normalized spacial score (nSPS) is 10.8. The van der Waals surface area contributed by atoms with Crippen molar-refractivity contribution in [3.63, 3.8) is 0 Å². The average molecular weight is 279 g/mol. The molecule has 0 aromatic carbocycles. The van der Waals surface area contributed by atoms with E-state index in [1.165, 1.54) is 5.56 Å². The van der Waals surface area contributed by atoms with Crippen LogP contribution in [0, 0.1) is 0 Å². The standard InChI is InChI=1S/C16H29N3O/c1-5-8-17-13-14-11-15(6-2)18-16(12-14)19(3)9-7-10-20-4/h11-12,17H,5-10,13H2,1-4H3. The van der Waals surface area contributed by atoms with Gasteiger partial charge in [0.25, 0.3) is 0 Å². The maximum absolute atomic E-state index is 5.11. The zero-order valence-corrected chi connectivity index (χ0v) is 13.4. The zero-order chi connectivity index (χ0) is 14.8. The van der Waals surface area contributed by atoms with E-state index in [0.717, 1.165) is 57.0 Å². The van der Waals surface area contributed by atoms with Gasteiger partial charge in [0.1, 0.15) is 5.82 Å². The van der Waals surface area contributed by atoms with Crippen LogP contribution in [0.1, 0.15) is 37.9 Å². The molecule has 0 unspecified atom stereocenters. The summed E-state index contributed by atoms with van der Waals surface area (Å²) in [5.41, 5.74) is 2.48. The molecule has 0 spiro atoms. The smallest absolute Gasteiger partial charge is 0.128 e. The Morgan fingerprint density at radius 3 is 2.75 bits per heavy atom. The predicted octanol–water partition coefficient (Wildman–Crippen LogP) is 2.62. The van der Waals surface area contributed by atoms with Crippen LogP contribution in [-0.4, -0.2) is 38.8 Å². The number of rotatable bonds is 10. The molecule has 0 saturated heterocycles. The van der Waals surface area contributed by atoms with Crippen LogP contribution in [0.15, 0.2) is 12.1 Å². The Morgan fingerprint density at radius 2 is 2.10 bits per heavy atom. The summed E-state index contributed by atoms with van der Waals surface area (Å²) in [6.07, 6.45) is 3.16. The first kappa shape index (κ1) is 16.9. The van der Waals surface area contributed by atoms with Crippen LogP contribution in [0.5, 0.6) is 0 Å². The van der Waals surface area contributed by atoms with E-state index in [-0.39, 0.29) is 0 Å². The summed E-state index contributed by atoms with van der Waals surface area (Å²) in [6.45, 7) is 8.08. The molecule has 4 nitrogen and oxygen atoms in total. The molecule has 4 heteroatoms. The molecule has 0 aliphatic carbocycles. The van der Waals surface area contributed by atoms with Crippen LogP contribution in [0.25, 0.3) is 0 Å². The first-order chi connectivity index (χ1) is 9.71. The minimum atomic E-state index is 0.794. The number of anilines is 1. The summed E-state index contributed by atoms with van der Waals surface area (Å²) < 4.78 is 5.11. The van der Waals surface area contributed by atoms with Crippen LogP contribution in [0.4, 0.5) is 5.82 Å². The summed E-state index contributed by atoms with van der Waals surface area (Å²) in [7, 11) is 3.84. The molecule has 0 aliphatic rings. The second kappa shape index (κ2) is 9.72. The number of aromatic nitrogens is 1. The van der Waals surface area contributed by atoms with E-state index in [9.17, 15) is 0 Å². The molecule has 0 radical (unpaired) electrons. The van der Waals surface area contributed by atoms with Crippen molar-refractivity contribution in [3.05, 3.63) is 23.4 Å². The maximum Gasteiger partial charge on any atom is 0.128 e. The van der Waals surface area contributed by atoms with Crippen molar-refractivity contribution in [2.75, 3.05) is 38.8 Å². The predicted molar refractivity (Wildman–Crippen MR) is 85.4 cm³/mol. The monoisotopic (exact) mass is 279 g/mol. The lowest BCUT2D eigenvalue weighted by Crippen LogP contribution is -2.22. The Balaban J connectivity index is 2.70. The third-order valence-corrected chi connectivity index (χ3v) is 3.28. The Kier molecular flexibility index (Phi) is 8.23. The summed E-state index contributed by atoms with van der Waals surface area (Å²) in [6, 6.07) is 4.39. The molecular formula is C16H29N3O. The molecule has 0 fully saturated rings. The molecule has 1 rings (SSSR count). The van der Waals surface area contributed by atoms with E-state index in [1.54, 1.807) is 7.11 Å². The van der Waals surface area contributed by atoms with Gasteiger partial charge in [0.05, 0.1) is 0 Å². The van der Waals surface area contributed by atoms with Gasteiger partial charge in [0.15, 0.2) is 0 Å². The van der Waals surface area contributed by atoms with E-state index in [4.69, 9.17) is 9.72 Å². The molecule has 0 bridgehead atoms. The summed E-state index contributed by atoms with van der Waals surface area (Å²) in [4.78, 5) is 6.93. The van der Waals surface area contributed by atoms with E-state index in [1.807, 2.05) is 0 Å². The van der Waals surface area contributed by atoms with Gasteiger partial charge in [0, 0.05) is 39.5 Å². The molecule has 114 valence electrons. The van der Waals surface area contributed by atoms with E-state index in [2.05, 4.69) is 43.2 Å². The minimum Gasteiger partial charge on any atom is -0.385 e. The topological polar surface area (TPSA) is 37.4 Å². The molecule has 0 amide bonds. The average Bonchev–Trinajstić information content (AvgIpc) is 2.47. The van der Waals surface area contributed by atoms with Crippen LogP contribution >= 0.6 is 0 Å². The van der Waals surface area contributed by atoms with Crippen LogP contribution in [0.3, 0.4) is 0 Å². The van der Waals surface area contributed by atoms with Gasteiger partial charge < -0.3 is 15.0 Å². The Bertz CT molecular complexity index is 382. The lowest BCUT2D eigenvalue weighted by Gasteiger charge is -2.20. The molecule has 0 aliphatic heterocycles. The number of nitrogens with zero attached hydrogens (tertiary/aromatic N) is 2. The van der Waals surface area contributed by atoms with Gasteiger partial charge in [-0.15, -0.1) is 0 Å². The van der Waals surface area contributed by atoms with Crippen molar-refractivity contribution >= 4 is 5.82 Å². The molecule has 1 aromatic heterocycles. The lowest BCUT2D eigenvalue weighted by molar-refractivity contribution is 0.196. The first-order valence-electron chi connectivity index (χ1n) is 7.61. The Morgan fingerprint density at radius 1 is 1.30 bits per heavy atom. The van der Waals surface area contributed by atoms with Crippen LogP contribution in [-0.2, 0) is 17.7 Å². The molecule has 1 aromatic rings. The van der Waals surface area contributed by atoms with Crippen molar-refractivity contribution in [1.82, 2.24) is 10.3 Å². The fourth-order valence-electron chi connectivity index (χ4n) is 2.08. The molecule has 1 heterocycles. The second-order valence-corrected chi connectivity index (χ2v) is 5.12. The fraction of sp³-hybridized carbons (Fsp3) is 0.688. The maximum atomic E-state index is 5.11. The number of aryl methyl sites for hydroxylation is 1. The number of methoxy groups -OCH3 is 1. The molecule has 20 heavy (non-hydrogen) atoms. The van der Waals surface area contributed by atoms with Gasteiger partial charge in [-0.25, -0.2) is 4.98 Å².